The lowest BCUT2D eigenvalue weighted by atomic mass is 9.94. The molecule has 2 heteroatoms. The maximum Gasteiger partial charge on any atom is 0.0988 e. The highest BCUT2D eigenvalue weighted by atomic mass is 14.4. The van der Waals surface area contributed by atoms with Crippen LogP contribution in [0.4, 0.5) is 0 Å². The maximum absolute atomic E-state index is 8.82. The van der Waals surface area contributed by atoms with Gasteiger partial charge in [-0.25, -0.2) is 0 Å². The Morgan fingerprint density at radius 1 is 1.18 bits per heavy atom. The monoisotopic (exact) mass is 220 g/mol. The van der Waals surface area contributed by atoms with Gasteiger partial charge in [-0.3, -0.25) is 0 Å². The summed E-state index contributed by atoms with van der Waals surface area (Å²) < 4.78 is 0. The SMILES string of the molecule is N#CC1=CC(C=Cc2ccccc2)C(=N)C=C1. The predicted octanol–water partition coefficient (Wildman–Crippen LogP) is 3.36. The van der Waals surface area contributed by atoms with E-state index in [-0.39, 0.29) is 5.92 Å². The first-order valence-electron chi connectivity index (χ1n) is 5.41. The number of rotatable bonds is 2. The van der Waals surface area contributed by atoms with Crippen LogP contribution in [0.2, 0.25) is 0 Å². The maximum atomic E-state index is 8.82. The van der Waals surface area contributed by atoms with E-state index in [4.69, 9.17) is 10.7 Å². The molecule has 0 aromatic heterocycles. The zero-order chi connectivity index (χ0) is 12.1. The number of nitrogens with zero attached hydrogens (tertiary/aromatic N) is 1. The van der Waals surface area contributed by atoms with Crippen molar-refractivity contribution in [2.75, 3.05) is 0 Å². The fraction of sp³-hybridized carbons (Fsp3) is 0.0667. The van der Waals surface area contributed by atoms with Crippen LogP contribution in [-0.4, -0.2) is 5.71 Å². The molecule has 0 heterocycles. The summed E-state index contributed by atoms with van der Waals surface area (Å²) >= 11 is 0. The van der Waals surface area contributed by atoms with Crippen LogP contribution < -0.4 is 0 Å². The molecule has 1 atom stereocenters. The van der Waals surface area contributed by atoms with Crippen LogP contribution in [0.25, 0.3) is 6.08 Å². The number of nitrogens with one attached hydrogen (secondary N) is 1. The molecule has 1 aliphatic carbocycles. The van der Waals surface area contributed by atoms with Gasteiger partial charge in [0.05, 0.1) is 6.07 Å². The van der Waals surface area contributed by atoms with Crippen molar-refractivity contribution in [3.63, 3.8) is 0 Å². The smallest absolute Gasteiger partial charge is 0.0988 e. The van der Waals surface area contributed by atoms with Gasteiger partial charge in [0.15, 0.2) is 0 Å². The van der Waals surface area contributed by atoms with Crippen LogP contribution in [-0.2, 0) is 0 Å². The first-order valence-corrected chi connectivity index (χ1v) is 5.41. The average Bonchev–Trinajstić information content (AvgIpc) is 2.39. The molecule has 1 N–H and O–H groups in total. The van der Waals surface area contributed by atoms with E-state index in [2.05, 4.69) is 6.07 Å². The number of nitriles is 1. The highest BCUT2D eigenvalue weighted by molar-refractivity contribution is 5.99. The summed E-state index contributed by atoms with van der Waals surface area (Å²) in [5.74, 6) is -0.102. The lowest BCUT2D eigenvalue weighted by Crippen LogP contribution is -2.09. The van der Waals surface area contributed by atoms with Crippen molar-refractivity contribution in [1.82, 2.24) is 0 Å². The summed E-state index contributed by atoms with van der Waals surface area (Å²) in [5.41, 5.74) is 2.22. The van der Waals surface area contributed by atoms with Gasteiger partial charge in [0.1, 0.15) is 0 Å². The summed E-state index contributed by atoms with van der Waals surface area (Å²) in [6, 6.07) is 12.0. The Bertz CT molecular complexity index is 542. The Kier molecular flexibility index (Phi) is 3.32. The Hall–Kier alpha value is -2.40. The minimum absolute atomic E-state index is 0.102. The molecule has 82 valence electrons. The third-order valence-corrected chi connectivity index (χ3v) is 2.59. The first-order chi connectivity index (χ1) is 8.29. The van der Waals surface area contributed by atoms with Crippen molar-refractivity contribution in [3.05, 3.63) is 65.8 Å². The summed E-state index contributed by atoms with van der Waals surface area (Å²) in [6.07, 6.45) is 9.08. The van der Waals surface area contributed by atoms with Gasteiger partial charge in [-0.1, -0.05) is 48.6 Å². The summed E-state index contributed by atoms with van der Waals surface area (Å²) in [7, 11) is 0. The fourth-order valence-electron chi connectivity index (χ4n) is 1.64. The van der Waals surface area contributed by atoms with Gasteiger partial charge < -0.3 is 5.41 Å². The topological polar surface area (TPSA) is 47.6 Å². The lowest BCUT2D eigenvalue weighted by Gasteiger charge is -2.10. The molecule has 1 unspecified atom stereocenters. The van der Waals surface area contributed by atoms with Gasteiger partial charge in [-0.15, -0.1) is 0 Å². The van der Waals surface area contributed by atoms with Crippen LogP contribution in [0.5, 0.6) is 0 Å². The van der Waals surface area contributed by atoms with Crippen molar-refractivity contribution in [2.24, 2.45) is 5.92 Å². The Labute approximate surface area is 101 Å². The normalized spacial score (nSPS) is 19.1. The third kappa shape index (κ3) is 2.79. The third-order valence-electron chi connectivity index (χ3n) is 2.59. The summed E-state index contributed by atoms with van der Waals surface area (Å²) in [6.45, 7) is 0. The van der Waals surface area contributed by atoms with E-state index in [9.17, 15) is 0 Å². The van der Waals surface area contributed by atoms with Crippen LogP contribution in [0.1, 0.15) is 5.56 Å². The molecule has 2 rings (SSSR count). The van der Waals surface area contributed by atoms with Crippen LogP contribution in [0, 0.1) is 22.7 Å². The highest BCUT2D eigenvalue weighted by Crippen LogP contribution is 2.16. The molecule has 0 bridgehead atoms. The molecule has 0 spiro atoms. The molecule has 1 aliphatic rings. The second-order valence-electron chi connectivity index (χ2n) is 3.82. The molecule has 0 saturated heterocycles. The van der Waals surface area contributed by atoms with Gasteiger partial charge in [0, 0.05) is 17.2 Å². The lowest BCUT2D eigenvalue weighted by molar-refractivity contribution is 1.10. The van der Waals surface area contributed by atoms with Crippen molar-refractivity contribution >= 4 is 11.8 Å². The summed E-state index contributed by atoms with van der Waals surface area (Å²) in [4.78, 5) is 0. The second-order valence-corrected chi connectivity index (χ2v) is 3.82. The minimum Gasteiger partial charge on any atom is -0.304 e. The van der Waals surface area contributed by atoms with Crippen LogP contribution >= 0.6 is 0 Å². The Morgan fingerprint density at radius 2 is 1.94 bits per heavy atom. The van der Waals surface area contributed by atoms with Gasteiger partial charge in [0.2, 0.25) is 0 Å². The molecule has 1 aromatic rings. The van der Waals surface area contributed by atoms with Gasteiger partial charge in [-0.05, 0) is 17.7 Å². The van der Waals surface area contributed by atoms with Crippen molar-refractivity contribution in [3.8, 4) is 6.07 Å². The van der Waals surface area contributed by atoms with Gasteiger partial charge in [-0.2, -0.15) is 5.26 Å². The molecule has 0 radical (unpaired) electrons. The van der Waals surface area contributed by atoms with Crippen molar-refractivity contribution in [2.45, 2.75) is 0 Å². The minimum atomic E-state index is -0.102. The van der Waals surface area contributed by atoms with Crippen molar-refractivity contribution in [1.29, 1.82) is 10.7 Å². The van der Waals surface area contributed by atoms with E-state index < -0.39 is 0 Å². The molecular formula is C15H12N2. The van der Waals surface area contributed by atoms with Gasteiger partial charge >= 0.3 is 0 Å². The number of allylic oxidation sites excluding steroid dienone is 5. The molecule has 0 saturated carbocycles. The van der Waals surface area contributed by atoms with E-state index >= 15 is 0 Å². The van der Waals surface area contributed by atoms with E-state index in [1.807, 2.05) is 48.6 Å². The molecular weight excluding hydrogens is 208 g/mol. The largest absolute Gasteiger partial charge is 0.304 e. The average molecular weight is 220 g/mol. The Morgan fingerprint density at radius 3 is 2.65 bits per heavy atom. The van der Waals surface area contributed by atoms with E-state index in [1.165, 1.54) is 0 Å². The standard InChI is InChI=1S/C15H12N2/c16-11-13-7-9-15(17)14(10-13)8-6-12-4-2-1-3-5-12/h1-10,14,17H. The molecule has 17 heavy (non-hydrogen) atoms. The zero-order valence-corrected chi connectivity index (χ0v) is 9.30. The zero-order valence-electron chi connectivity index (χ0n) is 9.30. The van der Waals surface area contributed by atoms with E-state index in [0.717, 1.165) is 5.56 Å². The second kappa shape index (κ2) is 5.09. The molecule has 0 amide bonds. The molecule has 1 aromatic carbocycles. The quantitative estimate of drug-likeness (QED) is 0.816. The Balaban J connectivity index is 2.17. The van der Waals surface area contributed by atoms with Gasteiger partial charge in [0.25, 0.3) is 0 Å². The highest BCUT2D eigenvalue weighted by Gasteiger charge is 2.11. The predicted molar refractivity (Wildman–Crippen MR) is 69.5 cm³/mol. The molecule has 0 aliphatic heterocycles. The number of hydrogen-bond donors (Lipinski definition) is 1. The van der Waals surface area contributed by atoms with Crippen LogP contribution in [0.3, 0.4) is 0 Å². The van der Waals surface area contributed by atoms with Crippen LogP contribution in [0.15, 0.2) is 60.2 Å². The van der Waals surface area contributed by atoms with E-state index in [1.54, 1.807) is 12.2 Å². The number of benzene rings is 1. The first kappa shape index (κ1) is 11.1. The van der Waals surface area contributed by atoms with Crippen molar-refractivity contribution < 1.29 is 0 Å². The number of hydrogen-bond acceptors (Lipinski definition) is 2. The van der Waals surface area contributed by atoms with E-state index in [0.29, 0.717) is 11.3 Å². The fourth-order valence-corrected chi connectivity index (χ4v) is 1.64. The molecule has 0 fully saturated rings. The summed E-state index contributed by atoms with van der Waals surface area (Å²) in [5, 5.41) is 16.6. The molecule has 2 nitrogen and oxygen atoms in total.